The van der Waals surface area contributed by atoms with Gasteiger partial charge >= 0.3 is 0 Å². The van der Waals surface area contributed by atoms with Crippen molar-refractivity contribution in [3.63, 3.8) is 0 Å². The van der Waals surface area contributed by atoms with Crippen LogP contribution in [0.5, 0.6) is 34.5 Å². The summed E-state index contributed by atoms with van der Waals surface area (Å²) in [7, 11) is 11.9. The van der Waals surface area contributed by atoms with Gasteiger partial charge in [-0.25, -0.2) is 8.78 Å². The molecule has 0 saturated heterocycles. The maximum Gasteiger partial charge on any atom is 0.165 e. The standard InChI is InChI=1S/C52H68F2N4O6/c1-36(2)51(34-55,41-15-18-44(54)47(31-41)60-8)22-13-25-58(6)27-21-39-29-48(61-9)49(62-10)30-40(39)33-64-45-19-16-42(32-50(45)63-11)52(35-56,37(3)4)23-12-24-57(5)26-20-38-14-17-43(53)46(28-38)59-7/h14-19,28-32,36-37H,12-13,20-27,33H2,1-11H3. The number of rotatable bonds is 26. The van der Waals surface area contributed by atoms with E-state index in [2.05, 4.69) is 49.9 Å². The molecule has 10 nitrogen and oxygen atoms in total. The first-order valence-electron chi connectivity index (χ1n) is 22.1. The second-order valence-corrected chi connectivity index (χ2v) is 17.2. The predicted molar refractivity (Wildman–Crippen MR) is 248 cm³/mol. The molecule has 0 radical (unpaired) electrons. The van der Waals surface area contributed by atoms with Crippen molar-refractivity contribution < 1.29 is 37.2 Å². The van der Waals surface area contributed by atoms with E-state index in [1.165, 1.54) is 26.4 Å². The Balaban J connectivity index is 1.44. The van der Waals surface area contributed by atoms with Gasteiger partial charge in [-0.15, -0.1) is 0 Å². The zero-order chi connectivity index (χ0) is 47.0. The van der Waals surface area contributed by atoms with E-state index in [0.29, 0.717) is 42.3 Å². The van der Waals surface area contributed by atoms with Crippen LogP contribution >= 0.6 is 0 Å². The van der Waals surface area contributed by atoms with E-state index in [4.69, 9.17) is 28.4 Å². The van der Waals surface area contributed by atoms with Gasteiger partial charge in [-0.2, -0.15) is 10.5 Å². The molecular formula is C52H68F2N4O6. The number of ether oxygens (including phenoxy) is 6. The van der Waals surface area contributed by atoms with Crippen molar-refractivity contribution in [3.8, 4) is 46.6 Å². The highest BCUT2D eigenvalue weighted by molar-refractivity contribution is 5.50. The monoisotopic (exact) mass is 883 g/mol. The van der Waals surface area contributed by atoms with Crippen LogP contribution in [-0.2, 0) is 30.3 Å². The van der Waals surface area contributed by atoms with Crippen LogP contribution in [-0.4, -0.2) is 85.6 Å². The van der Waals surface area contributed by atoms with E-state index < -0.39 is 16.6 Å². The summed E-state index contributed by atoms with van der Waals surface area (Å²) in [5.74, 6) is 1.91. The molecule has 0 heterocycles. The topological polar surface area (TPSA) is 109 Å². The molecular weight excluding hydrogens is 815 g/mol. The van der Waals surface area contributed by atoms with E-state index in [-0.39, 0.29) is 35.8 Å². The highest BCUT2D eigenvalue weighted by atomic mass is 19.1. The Morgan fingerprint density at radius 3 is 1.47 bits per heavy atom. The van der Waals surface area contributed by atoms with Gasteiger partial charge < -0.3 is 38.2 Å². The normalized spacial score (nSPS) is 13.3. The second kappa shape index (κ2) is 23.9. The molecule has 64 heavy (non-hydrogen) atoms. The molecule has 0 aliphatic rings. The van der Waals surface area contributed by atoms with Gasteiger partial charge in [0.25, 0.3) is 0 Å². The lowest BCUT2D eigenvalue weighted by Crippen LogP contribution is -2.32. The van der Waals surface area contributed by atoms with Gasteiger partial charge in [-0.3, -0.25) is 0 Å². The molecule has 0 amide bonds. The van der Waals surface area contributed by atoms with Gasteiger partial charge in [-0.1, -0.05) is 45.9 Å². The number of nitriles is 2. The SMILES string of the molecule is COc1cc(CCN(C)CCCC(C#N)(c2ccc(OCc3cc(OC)c(OC)cc3CCN(C)CCCC(C#N)(c3ccc(F)c(OC)c3)C(C)C)c(OC)c2)C(C)C)ccc1F. The lowest BCUT2D eigenvalue weighted by molar-refractivity contribution is 0.276. The highest BCUT2D eigenvalue weighted by Crippen LogP contribution is 2.42. The molecule has 0 aliphatic carbocycles. The summed E-state index contributed by atoms with van der Waals surface area (Å²) in [6.45, 7) is 11.5. The summed E-state index contributed by atoms with van der Waals surface area (Å²) in [5, 5.41) is 21.2. The third-order valence-corrected chi connectivity index (χ3v) is 12.8. The van der Waals surface area contributed by atoms with Crippen molar-refractivity contribution in [1.82, 2.24) is 9.80 Å². The van der Waals surface area contributed by atoms with Crippen LogP contribution in [0.25, 0.3) is 0 Å². The average Bonchev–Trinajstić information content (AvgIpc) is 3.30. The largest absolute Gasteiger partial charge is 0.494 e. The first-order chi connectivity index (χ1) is 30.6. The van der Waals surface area contributed by atoms with Crippen LogP contribution in [0, 0.1) is 46.1 Å². The van der Waals surface area contributed by atoms with Crippen molar-refractivity contribution in [1.29, 1.82) is 10.5 Å². The number of benzene rings is 4. The highest BCUT2D eigenvalue weighted by Gasteiger charge is 2.37. The average molecular weight is 883 g/mol. The Labute approximate surface area is 380 Å². The van der Waals surface area contributed by atoms with E-state index in [0.717, 1.165) is 73.3 Å². The Kier molecular flexibility index (Phi) is 19.1. The predicted octanol–water partition coefficient (Wildman–Crippen LogP) is 10.3. The second-order valence-electron chi connectivity index (χ2n) is 17.2. The van der Waals surface area contributed by atoms with E-state index in [1.54, 1.807) is 45.6 Å². The maximum atomic E-state index is 14.3. The zero-order valence-electron chi connectivity index (χ0n) is 39.8. The molecule has 0 aliphatic heterocycles. The number of nitrogens with zero attached hydrogens (tertiary/aromatic N) is 4. The Morgan fingerprint density at radius 1 is 0.531 bits per heavy atom. The van der Waals surface area contributed by atoms with Gasteiger partial charge in [0.2, 0.25) is 0 Å². The molecule has 346 valence electrons. The van der Waals surface area contributed by atoms with Crippen molar-refractivity contribution in [2.45, 2.75) is 83.7 Å². The summed E-state index contributed by atoms with van der Waals surface area (Å²) in [5.41, 5.74) is 3.07. The molecule has 0 aromatic heterocycles. The molecule has 0 bridgehead atoms. The van der Waals surface area contributed by atoms with Crippen LogP contribution in [0.4, 0.5) is 8.78 Å². The fourth-order valence-corrected chi connectivity index (χ4v) is 8.49. The van der Waals surface area contributed by atoms with Crippen LogP contribution < -0.4 is 28.4 Å². The number of methoxy groups -OCH3 is 5. The summed E-state index contributed by atoms with van der Waals surface area (Å²) < 4.78 is 62.3. The van der Waals surface area contributed by atoms with Gasteiger partial charge in [-0.05, 0) is 154 Å². The third kappa shape index (κ3) is 12.4. The first-order valence-corrected chi connectivity index (χ1v) is 22.1. The van der Waals surface area contributed by atoms with Crippen LogP contribution in [0.2, 0.25) is 0 Å². The maximum absolute atomic E-state index is 14.3. The van der Waals surface area contributed by atoms with Crippen molar-refractivity contribution in [2.24, 2.45) is 11.8 Å². The minimum atomic E-state index is -0.791. The molecule has 0 saturated carbocycles. The Morgan fingerprint density at radius 2 is 0.969 bits per heavy atom. The molecule has 2 unspecified atom stereocenters. The van der Waals surface area contributed by atoms with Crippen LogP contribution in [0.15, 0.2) is 66.7 Å². The lowest BCUT2D eigenvalue weighted by Gasteiger charge is -2.32. The van der Waals surface area contributed by atoms with Gasteiger partial charge in [0, 0.05) is 13.1 Å². The summed E-state index contributed by atoms with van der Waals surface area (Å²) >= 11 is 0. The minimum absolute atomic E-state index is 0.00161. The van der Waals surface area contributed by atoms with Crippen molar-refractivity contribution in [2.75, 3.05) is 75.8 Å². The first kappa shape index (κ1) is 51.1. The van der Waals surface area contributed by atoms with Crippen LogP contribution in [0.1, 0.15) is 81.2 Å². The van der Waals surface area contributed by atoms with Gasteiger partial charge in [0.15, 0.2) is 46.1 Å². The fourth-order valence-electron chi connectivity index (χ4n) is 8.49. The molecule has 4 aromatic rings. The smallest absolute Gasteiger partial charge is 0.165 e. The summed E-state index contributed by atoms with van der Waals surface area (Å²) in [6, 6.07) is 24.7. The van der Waals surface area contributed by atoms with Crippen molar-refractivity contribution in [3.05, 3.63) is 106 Å². The van der Waals surface area contributed by atoms with E-state index in [9.17, 15) is 19.3 Å². The fraction of sp³-hybridized carbons (Fsp3) is 0.500. The van der Waals surface area contributed by atoms with Crippen molar-refractivity contribution >= 4 is 0 Å². The molecule has 0 spiro atoms. The van der Waals surface area contributed by atoms with Gasteiger partial charge in [0.05, 0.1) is 58.5 Å². The molecule has 2 atom stereocenters. The summed E-state index contributed by atoms with van der Waals surface area (Å²) in [6.07, 6.45) is 4.28. The lowest BCUT2D eigenvalue weighted by atomic mass is 9.69. The molecule has 4 aromatic carbocycles. The molecule has 0 fully saturated rings. The van der Waals surface area contributed by atoms with Gasteiger partial charge in [0.1, 0.15) is 6.61 Å². The Hall–Kier alpha value is -5.56. The number of likely N-dealkylation sites (N-methyl/N-ethyl adjacent to an activating group) is 2. The van der Waals surface area contributed by atoms with E-state index in [1.807, 2.05) is 44.2 Å². The Bertz CT molecular complexity index is 2220. The number of hydrogen-bond donors (Lipinski definition) is 0. The summed E-state index contributed by atoms with van der Waals surface area (Å²) in [4.78, 5) is 4.48. The zero-order valence-corrected chi connectivity index (χ0v) is 39.8. The van der Waals surface area contributed by atoms with Crippen LogP contribution in [0.3, 0.4) is 0 Å². The quantitative estimate of drug-likeness (QED) is 0.0605. The molecule has 12 heteroatoms. The van der Waals surface area contributed by atoms with E-state index >= 15 is 0 Å². The third-order valence-electron chi connectivity index (χ3n) is 12.8. The number of halogens is 2. The minimum Gasteiger partial charge on any atom is -0.494 e. The number of hydrogen-bond acceptors (Lipinski definition) is 10. The molecule has 4 rings (SSSR count). The molecule has 0 N–H and O–H groups in total.